The molecule has 7 heteroatoms. The SMILES string of the molecule is O=c1c(-c2ccncc2)cn2ccn(Cc3ccc(F)cc3)c(=O)c2c1O. The molecule has 0 atom stereocenters. The van der Waals surface area contributed by atoms with Gasteiger partial charge >= 0.3 is 0 Å². The van der Waals surface area contributed by atoms with E-state index in [9.17, 15) is 19.1 Å². The lowest BCUT2D eigenvalue weighted by Crippen LogP contribution is -2.24. The predicted molar refractivity (Wildman–Crippen MR) is 98.3 cm³/mol. The number of pyridine rings is 2. The number of aromatic hydroxyl groups is 1. The van der Waals surface area contributed by atoms with Crippen molar-refractivity contribution >= 4 is 5.52 Å². The van der Waals surface area contributed by atoms with Crippen molar-refractivity contribution in [1.29, 1.82) is 0 Å². The fraction of sp³-hybridized carbons (Fsp3) is 0.0500. The molecule has 134 valence electrons. The van der Waals surface area contributed by atoms with Gasteiger partial charge < -0.3 is 14.1 Å². The highest BCUT2D eigenvalue weighted by atomic mass is 19.1. The highest BCUT2D eigenvalue weighted by Crippen LogP contribution is 2.19. The molecule has 0 radical (unpaired) electrons. The third kappa shape index (κ3) is 2.99. The summed E-state index contributed by atoms with van der Waals surface area (Å²) in [5.41, 5.74) is 0.328. The van der Waals surface area contributed by atoms with Crippen molar-refractivity contribution < 1.29 is 9.50 Å². The maximum atomic E-state index is 13.0. The largest absolute Gasteiger partial charge is 0.503 e. The van der Waals surface area contributed by atoms with Gasteiger partial charge in [0, 0.05) is 36.5 Å². The molecular weight excluding hydrogens is 349 g/mol. The van der Waals surface area contributed by atoms with E-state index in [1.54, 1.807) is 49.1 Å². The number of benzene rings is 1. The molecule has 1 aromatic carbocycles. The molecule has 0 aliphatic heterocycles. The summed E-state index contributed by atoms with van der Waals surface area (Å²) in [6, 6.07) is 9.07. The molecule has 0 bridgehead atoms. The zero-order valence-corrected chi connectivity index (χ0v) is 14.0. The van der Waals surface area contributed by atoms with Crippen molar-refractivity contribution in [2.24, 2.45) is 0 Å². The lowest BCUT2D eigenvalue weighted by atomic mass is 10.1. The Labute approximate surface area is 152 Å². The Balaban J connectivity index is 1.86. The Hall–Kier alpha value is -3.74. The number of aromatic nitrogens is 3. The molecule has 3 aromatic heterocycles. The van der Waals surface area contributed by atoms with Crippen molar-refractivity contribution in [2.45, 2.75) is 6.54 Å². The number of rotatable bonds is 3. The molecule has 4 aromatic rings. The van der Waals surface area contributed by atoms with Crippen LogP contribution >= 0.6 is 0 Å². The van der Waals surface area contributed by atoms with E-state index in [4.69, 9.17) is 0 Å². The van der Waals surface area contributed by atoms with E-state index in [0.717, 1.165) is 5.56 Å². The van der Waals surface area contributed by atoms with Gasteiger partial charge in [-0.3, -0.25) is 14.6 Å². The Morgan fingerprint density at radius 3 is 2.41 bits per heavy atom. The molecule has 3 heterocycles. The van der Waals surface area contributed by atoms with E-state index in [2.05, 4.69) is 4.98 Å². The van der Waals surface area contributed by atoms with Crippen LogP contribution in [0.1, 0.15) is 5.56 Å². The molecule has 1 N–H and O–H groups in total. The normalized spacial score (nSPS) is 11.0. The van der Waals surface area contributed by atoms with Crippen molar-refractivity contribution in [3.05, 3.63) is 99.3 Å². The summed E-state index contributed by atoms with van der Waals surface area (Å²) in [7, 11) is 0. The first-order valence-electron chi connectivity index (χ1n) is 8.17. The van der Waals surface area contributed by atoms with Gasteiger partial charge in [-0.05, 0) is 35.4 Å². The van der Waals surface area contributed by atoms with Gasteiger partial charge in [-0.2, -0.15) is 0 Å². The fourth-order valence-corrected chi connectivity index (χ4v) is 2.95. The lowest BCUT2D eigenvalue weighted by molar-refractivity contribution is 0.472. The highest BCUT2D eigenvalue weighted by Gasteiger charge is 2.15. The van der Waals surface area contributed by atoms with E-state index in [1.807, 2.05) is 0 Å². The number of nitrogens with zero attached hydrogens (tertiary/aromatic N) is 3. The summed E-state index contributed by atoms with van der Waals surface area (Å²) >= 11 is 0. The molecule has 0 fully saturated rings. The molecule has 0 aliphatic carbocycles. The summed E-state index contributed by atoms with van der Waals surface area (Å²) in [5.74, 6) is -0.972. The Morgan fingerprint density at radius 2 is 1.70 bits per heavy atom. The maximum Gasteiger partial charge on any atom is 0.279 e. The van der Waals surface area contributed by atoms with Crippen molar-refractivity contribution in [2.75, 3.05) is 0 Å². The van der Waals surface area contributed by atoms with Gasteiger partial charge in [0.2, 0.25) is 5.43 Å². The molecule has 0 saturated heterocycles. The van der Waals surface area contributed by atoms with Crippen LogP contribution in [0.5, 0.6) is 5.75 Å². The van der Waals surface area contributed by atoms with Gasteiger partial charge in [-0.25, -0.2) is 4.39 Å². The van der Waals surface area contributed by atoms with Crippen LogP contribution in [0.15, 0.2) is 77.0 Å². The minimum Gasteiger partial charge on any atom is -0.503 e. The zero-order valence-electron chi connectivity index (χ0n) is 14.0. The number of hydrogen-bond acceptors (Lipinski definition) is 4. The van der Waals surface area contributed by atoms with Crippen LogP contribution in [0, 0.1) is 5.82 Å². The monoisotopic (exact) mass is 363 g/mol. The molecule has 6 nitrogen and oxygen atoms in total. The van der Waals surface area contributed by atoms with Crippen molar-refractivity contribution in [3.63, 3.8) is 0 Å². The van der Waals surface area contributed by atoms with Crippen LogP contribution in [0.3, 0.4) is 0 Å². The van der Waals surface area contributed by atoms with Crippen LogP contribution < -0.4 is 11.0 Å². The zero-order chi connectivity index (χ0) is 19.0. The van der Waals surface area contributed by atoms with Gasteiger partial charge in [-0.15, -0.1) is 0 Å². The topological polar surface area (TPSA) is 76.6 Å². The van der Waals surface area contributed by atoms with Gasteiger partial charge in [0.25, 0.3) is 5.56 Å². The van der Waals surface area contributed by atoms with Crippen LogP contribution in [0.25, 0.3) is 16.6 Å². The van der Waals surface area contributed by atoms with E-state index in [0.29, 0.717) is 5.56 Å². The quantitative estimate of drug-likeness (QED) is 0.606. The average Bonchev–Trinajstić information content (AvgIpc) is 2.69. The van der Waals surface area contributed by atoms with Gasteiger partial charge in [-0.1, -0.05) is 12.1 Å². The van der Waals surface area contributed by atoms with E-state index in [1.165, 1.54) is 27.3 Å². The molecule has 0 saturated carbocycles. The highest BCUT2D eigenvalue weighted by molar-refractivity contribution is 5.69. The van der Waals surface area contributed by atoms with Gasteiger partial charge in [0.05, 0.1) is 6.54 Å². The fourth-order valence-electron chi connectivity index (χ4n) is 2.95. The first-order valence-corrected chi connectivity index (χ1v) is 8.17. The minimum absolute atomic E-state index is 0.109. The Bertz CT molecular complexity index is 1250. The summed E-state index contributed by atoms with van der Waals surface area (Å²) < 4.78 is 15.8. The average molecular weight is 363 g/mol. The smallest absolute Gasteiger partial charge is 0.279 e. The van der Waals surface area contributed by atoms with Crippen LogP contribution in [0.2, 0.25) is 0 Å². The minimum atomic E-state index is -0.627. The molecule has 27 heavy (non-hydrogen) atoms. The van der Waals surface area contributed by atoms with E-state index < -0.39 is 16.7 Å². The van der Waals surface area contributed by atoms with Crippen LogP contribution in [0.4, 0.5) is 4.39 Å². The van der Waals surface area contributed by atoms with Crippen LogP contribution in [-0.4, -0.2) is 19.1 Å². The maximum absolute atomic E-state index is 13.0. The third-order valence-electron chi connectivity index (χ3n) is 4.34. The van der Waals surface area contributed by atoms with Gasteiger partial charge in [0.1, 0.15) is 5.82 Å². The molecule has 0 spiro atoms. The summed E-state index contributed by atoms with van der Waals surface area (Å²) in [4.78, 5) is 29.3. The third-order valence-corrected chi connectivity index (χ3v) is 4.34. The van der Waals surface area contributed by atoms with Gasteiger partial charge in [0.15, 0.2) is 11.3 Å². The number of fused-ring (bicyclic) bond motifs is 1. The Morgan fingerprint density at radius 1 is 1.00 bits per heavy atom. The first-order chi connectivity index (χ1) is 13.0. The summed E-state index contributed by atoms with van der Waals surface area (Å²) in [6.07, 6.45) is 7.74. The molecule has 4 rings (SSSR count). The lowest BCUT2D eigenvalue weighted by Gasteiger charge is -2.11. The summed E-state index contributed by atoms with van der Waals surface area (Å²) in [5, 5.41) is 10.4. The second kappa shape index (κ2) is 6.53. The first kappa shape index (κ1) is 16.7. The molecule has 0 aliphatic rings. The standard InChI is InChI=1S/C20H14FN3O3/c21-15-3-1-13(2-4-15)11-24-10-9-23-12-16(14-5-7-22-8-6-14)18(25)19(26)17(23)20(24)27/h1-10,12,26H,11H2. The van der Waals surface area contributed by atoms with E-state index >= 15 is 0 Å². The molecule has 0 unspecified atom stereocenters. The number of hydrogen-bond donors (Lipinski definition) is 1. The van der Waals surface area contributed by atoms with E-state index in [-0.39, 0.29) is 23.4 Å². The second-order valence-electron chi connectivity index (χ2n) is 6.07. The molecular formula is C20H14FN3O3. The molecule has 0 amide bonds. The Kier molecular flexibility index (Phi) is 4.04. The van der Waals surface area contributed by atoms with Crippen molar-refractivity contribution in [1.82, 2.24) is 14.0 Å². The second-order valence-corrected chi connectivity index (χ2v) is 6.07. The predicted octanol–water partition coefficient (Wildman–Crippen LogP) is 2.42. The number of halogens is 1. The summed E-state index contributed by atoms with van der Waals surface area (Å²) in [6.45, 7) is 0.190. The van der Waals surface area contributed by atoms with Crippen molar-refractivity contribution in [3.8, 4) is 16.9 Å². The van der Waals surface area contributed by atoms with Crippen LogP contribution in [-0.2, 0) is 6.54 Å².